The van der Waals surface area contributed by atoms with Gasteiger partial charge in [0.05, 0.1) is 21.8 Å². The van der Waals surface area contributed by atoms with E-state index in [9.17, 15) is 4.79 Å². The Morgan fingerprint density at radius 3 is 2.73 bits per heavy atom. The van der Waals surface area contributed by atoms with Crippen LogP contribution in [-0.2, 0) is 11.8 Å². The number of ether oxygens (including phenoxy) is 1. The predicted octanol–water partition coefficient (Wildman–Crippen LogP) is 3.96. The molecule has 0 unspecified atom stereocenters. The molecule has 0 aliphatic carbocycles. The topological polar surface area (TPSA) is 81.9 Å². The van der Waals surface area contributed by atoms with Crippen molar-refractivity contribution in [2.24, 2.45) is 7.05 Å². The molecule has 0 saturated carbocycles. The minimum absolute atomic E-state index is 0.0992. The molecule has 0 aliphatic heterocycles. The Hall–Kier alpha value is -3.26. The van der Waals surface area contributed by atoms with Gasteiger partial charge in [0.1, 0.15) is 5.69 Å². The van der Waals surface area contributed by atoms with Crippen LogP contribution in [0, 0.1) is 13.8 Å². The largest absolute Gasteiger partial charge is 0.468 e. The first-order chi connectivity index (χ1) is 14.4. The summed E-state index contributed by atoms with van der Waals surface area (Å²) in [4.78, 5) is 22.1. The number of carbonyl (C=O) groups is 1. The third-order valence-corrected chi connectivity index (χ3v) is 5.72. The molecule has 3 heterocycles. The van der Waals surface area contributed by atoms with Gasteiger partial charge in [0.2, 0.25) is 5.88 Å². The fraction of sp³-hybridized carbons (Fsp3) is 0.273. The van der Waals surface area contributed by atoms with Gasteiger partial charge in [-0.3, -0.25) is 9.78 Å². The Kier molecular flexibility index (Phi) is 5.50. The summed E-state index contributed by atoms with van der Waals surface area (Å²) in [6.45, 7) is 5.87. The second-order valence-corrected chi connectivity index (χ2v) is 8.19. The highest BCUT2D eigenvalue weighted by atomic mass is 32.1. The van der Waals surface area contributed by atoms with Crippen molar-refractivity contribution >= 4 is 28.3 Å². The lowest BCUT2D eigenvalue weighted by atomic mass is 10.1. The van der Waals surface area contributed by atoms with E-state index in [0.717, 1.165) is 27.1 Å². The van der Waals surface area contributed by atoms with E-state index in [1.807, 2.05) is 58.2 Å². The average molecular weight is 422 g/mol. The number of aromatic nitrogens is 4. The van der Waals surface area contributed by atoms with E-state index in [2.05, 4.69) is 20.4 Å². The summed E-state index contributed by atoms with van der Waals surface area (Å²) >= 11 is 1.54. The highest BCUT2D eigenvalue weighted by molar-refractivity contribution is 7.13. The Morgan fingerprint density at radius 1 is 1.27 bits per heavy atom. The molecule has 0 fully saturated rings. The summed E-state index contributed by atoms with van der Waals surface area (Å²) in [6, 6.07) is 9.84. The van der Waals surface area contributed by atoms with Gasteiger partial charge in [-0.15, -0.1) is 11.3 Å². The summed E-state index contributed by atoms with van der Waals surface area (Å²) in [5.74, 6) is 0.204. The normalized spacial score (nSPS) is 12.1. The Morgan fingerprint density at radius 2 is 2.03 bits per heavy atom. The molecule has 0 spiro atoms. The van der Waals surface area contributed by atoms with Crippen molar-refractivity contribution in [2.45, 2.75) is 26.8 Å². The van der Waals surface area contributed by atoms with Crippen LogP contribution in [0.25, 0.3) is 21.6 Å². The van der Waals surface area contributed by atoms with E-state index in [1.54, 1.807) is 16.4 Å². The molecule has 3 aromatic heterocycles. The van der Waals surface area contributed by atoms with Gasteiger partial charge in [0.15, 0.2) is 12.3 Å². The van der Waals surface area contributed by atoms with Crippen molar-refractivity contribution in [2.75, 3.05) is 6.61 Å². The van der Waals surface area contributed by atoms with Crippen LogP contribution in [0.5, 0.6) is 5.88 Å². The molecule has 1 aromatic carbocycles. The van der Waals surface area contributed by atoms with Crippen LogP contribution in [0.2, 0.25) is 0 Å². The van der Waals surface area contributed by atoms with Crippen LogP contribution in [-0.4, -0.2) is 32.3 Å². The van der Waals surface area contributed by atoms with Crippen LogP contribution in [0.3, 0.4) is 0 Å². The zero-order chi connectivity index (χ0) is 21.3. The first-order valence-electron chi connectivity index (χ1n) is 9.64. The van der Waals surface area contributed by atoms with Crippen molar-refractivity contribution in [1.29, 1.82) is 0 Å². The number of fused-ring (bicyclic) bond motifs is 1. The van der Waals surface area contributed by atoms with Gasteiger partial charge in [0, 0.05) is 19.3 Å². The van der Waals surface area contributed by atoms with Gasteiger partial charge in [-0.1, -0.05) is 29.8 Å². The number of pyridine rings is 1. The van der Waals surface area contributed by atoms with E-state index >= 15 is 0 Å². The standard InChI is InChI=1S/C22H23N5O2S/c1-13-5-7-16(8-6-13)15(3)24-18(28)11-29-19-9-14(2)20-21(17-10-23-12-30-17)26-27(4)22(20)25-19/h5-10,12,15H,11H2,1-4H3,(H,24,28)/t15-/m0/s1. The van der Waals surface area contributed by atoms with Crippen LogP contribution >= 0.6 is 11.3 Å². The molecular formula is C22H23N5O2S. The Labute approximate surface area is 178 Å². The summed E-state index contributed by atoms with van der Waals surface area (Å²) in [5.41, 5.74) is 6.57. The van der Waals surface area contributed by atoms with Gasteiger partial charge in [-0.05, 0) is 31.9 Å². The number of rotatable bonds is 6. The minimum atomic E-state index is -0.196. The highest BCUT2D eigenvalue weighted by Gasteiger charge is 2.17. The molecule has 30 heavy (non-hydrogen) atoms. The van der Waals surface area contributed by atoms with Crippen LogP contribution in [0.4, 0.5) is 0 Å². The van der Waals surface area contributed by atoms with E-state index in [0.29, 0.717) is 11.5 Å². The smallest absolute Gasteiger partial charge is 0.258 e. The number of aryl methyl sites for hydroxylation is 3. The lowest BCUT2D eigenvalue weighted by Gasteiger charge is -2.15. The van der Waals surface area contributed by atoms with Gasteiger partial charge < -0.3 is 10.1 Å². The summed E-state index contributed by atoms with van der Waals surface area (Å²) in [6.07, 6.45) is 1.80. The van der Waals surface area contributed by atoms with Crippen molar-refractivity contribution in [3.8, 4) is 16.5 Å². The van der Waals surface area contributed by atoms with Crippen LogP contribution in [0.1, 0.15) is 29.7 Å². The summed E-state index contributed by atoms with van der Waals surface area (Å²) < 4.78 is 7.42. The molecule has 1 amide bonds. The maximum absolute atomic E-state index is 12.4. The van der Waals surface area contributed by atoms with Crippen molar-refractivity contribution in [1.82, 2.24) is 25.1 Å². The number of nitrogens with one attached hydrogen (secondary N) is 1. The summed E-state index contributed by atoms with van der Waals surface area (Å²) in [5, 5.41) is 8.52. The van der Waals surface area contributed by atoms with E-state index < -0.39 is 0 Å². The summed E-state index contributed by atoms with van der Waals surface area (Å²) in [7, 11) is 1.85. The van der Waals surface area contributed by atoms with Crippen LogP contribution in [0.15, 0.2) is 42.0 Å². The van der Waals surface area contributed by atoms with Crippen molar-refractivity contribution in [3.05, 3.63) is 58.7 Å². The maximum Gasteiger partial charge on any atom is 0.258 e. The molecule has 0 aliphatic rings. The number of benzene rings is 1. The lowest BCUT2D eigenvalue weighted by Crippen LogP contribution is -2.31. The third-order valence-electron chi connectivity index (χ3n) is 4.94. The molecule has 4 aromatic rings. The Balaban J connectivity index is 1.47. The molecule has 1 N–H and O–H groups in total. The van der Waals surface area contributed by atoms with Gasteiger partial charge in [0.25, 0.3) is 5.91 Å². The lowest BCUT2D eigenvalue weighted by molar-refractivity contribution is -0.123. The molecule has 0 radical (unpaired) electrons. The zero-order valence-electron chi connectivity index (χ0n) is 17.3. The number of nitrogens with zero attached hydrogens (tertiary/aromatic N) is 4. The number of carbonyl (C=O) groups excluding carboxylic acids is 1. The molecule has 0 bridgehead atoms. The van der Waals surface area contributed by atoms with Gasteiger partial charge >= 0.3 is 0 Å². The average Bonchev–Trinajstić information content (AvgIpc) is 3.35. The number of hydrogen-bond acceptors (Lipinski definition) is 6. The quantitative estimate of drug-likeness (QED) is 0.509. The van der Waals surface area contributed by atoms with E-state index in [4.69, 9.17) is 4.74 Å². The number of hydrogen-bond donors (Lipinski definition) is 1. The van der Waals surface area contributed by atoms with Gasteiger partial charge in [-0.25, -0.2) is 4.68 Å². The maximum atomic E-state index is 12.4. The van der Waals surface area contributed by atoms with Crippen LogP contribution < -0.4 is 10.1 Å². The fourth-order valence-electron chi connectivity index (χ4n) is 3.34. The second kappa shape index (κ2) is 8.23. The van der Waals surface area contributed by atoms with Gasteiger partial charge in [-0.2, -0.15) is 10.1 Å². The Bertz CT molecular complexity index is 1180. The first-order valence-corrected chi connectivity index (χ1v) is 10.5. The minimum Gasteiger partial charge on any atom is -0.468 e. The molecule has 1 atom stereocenters. The van der Waals surface area contributed by atoms with E-state index in [-0.39, 0.29) is 18.6 Å². The predicted molar refractivity (Wildman–Crippen MR) is 118 cm³/mol. The molecule has 4 rings (SSSR count). The van der Waals surface area contributed by atoms with E-state index in [1.165, 1.54) is 16.9 Å². The molecule has 8 heteroatoms. The first kappa shape index (κ1) is 20.0. The molecule has 0 saturated heterocycles. The second-order valence-electron chi connectivity index (χ2n) is 7.30. The highest BCUT2D eigenvalue weighted by Crippen LogP contribution is 2.32. The molecule has 154 valence electrons. The zero-order valence-corrected chi connectivity index (χ0v) is 18.2. The SMILES string of the molecule is Cc1ccc([C@H](C)NC(=O)COc2cc(C)c3c(-c4cncs4)nn(C)c3n2)cc1. The number of thiazole rings is 1. The van der Waals surface area contributed by atoms with Crippen molar-refractivity contribution in [3.63, 3.8) is 0 Å². The molecule has 7 nitrogen and oxygen atoms in total. The monoisotopic (exact) mass is 421 g/mol. The molecular weight excluding hydrogens is 398 g/mol. The number of amides is 1. The van der Waals surface area contributed by atoms with Crippen molar-refractivity contribution < 1.29 is 9.53 Å². The fourth-order valence-corrected chi connectivity index (χ4v) is 3.95. The third kappa shape index (κ3) is 4.04.